The monoisotopic (exact) mass is 410 g/mol. The minimum Gasteiger partial charge on any atom is -0.376 e. The first kappa shape index (κ1) is 19.5. The van der Waals surface area contributed by atoms with Gasteiger partial charge in [-0.25, -0.2) is 15.0 Å². The lowest BCUT2D eigenvalue weighted by molar-refractivity contribution is -0.135. The molecule has 2 aromatic heterocycles. The van der Waals surface area contributed by atoms with Crippen LogP contribution in [-0.4, -0.2) is 50.0 Å². The Kier molecular flexibility index (Phi) is 5.18. The van der Waals surface area contributed by atoms with Crippen molar-refractivity contribution < 1.29 is 9.53 Å². The molecule has 3 aliphatic rings. The van der Waals surface area contributed by atoms with Crippen LogP contribution in [0.3, 0.4) is 0 Å². The normalized spacial score (nSPS) is 24.2. The first-order chi connectivity index (χ1) is 14.6. The molecule has 2 aromatic rings. The average molecular weight is 411 g/mol. The largest absolute Gasteiger partial charge is 0.376 e. The molecule has 1 atom stereocenters. The summed E-state index contributed by atoms with van der Waals surface area (Å²) in [5, 5.41) is 3.33. The number of imidazole rings is 1. The highest BCUT2D eigenvalue weighted by molar-refractivity contribution is 5.79. The molecule has 30 heavy (non-hydrogen) atoms. The van der Waals surface area contributed by atoms with Gasteiger partial charge in [-0.3, -0.25) is 4.79 Å². The zero-order valence-electron chi connectivity index (χ0n) is 17.6. The Morgan fingerprint density at radius 2 is 2.17 bits per heavy atom. The summed E-state index contributed by atoms with van der Waals surface area (Å²) in [6.07, 6.45) is 12.1. The van der Waals surface area contributed by atoms with E-state index in [0.29, 0.717) is 38.2 Å². The highest BCUT2D eigenvalue weighted by Gasteiger charge is 2.47. The van der Waals surface area contributed by atoms with E-state index in [9.17, 15) is 4.79 Å². The molecule has 1 saturated carbocycles. The summed E-state index contributed by atoms with van der Waals surface area (Å²) in [6.45, 7) is 3.26. The summed E-state index contributed by atoms with van der Waals surface area (Å²) in [5.74, 6) is 1.16. The van der Waals surface area contributed by atoms with E-state index >= 15 is 0 Å². The molecule has 1 unspecified atom stereocenters. The fourth-order valence-corrected chi connectivity index (χ4v) is 5.19. The third kappa shape index (κ3) is 3.57. The molecule has 8 nitrogen and oxygen atoms in total. The number of amides is 1. The van der Waals surface area contributed by atoms with E-state index in [1.807, 2.05) is 24.0 Å². The Morgan fingerprint density at radius 3 is 2.97 bits per heavy atom. The number of rotatable bonds is 4. The van der Waals surface area contributed by atoms with Crippen molar-refractivity contribution in [2.75, 3.05) is 25.0 Å². The van der Waals surface area contributed by atoms with Crippen molar-refractivity contribution >= 4 is 11.9 Å². The summed E-state index contributed by atoms with van der Waals surface area (Å²) >= 11 is 0. The number of nitrogens with zero attached hydrogens (tertiary/aromatic N) is 5. The summed E-state index contributed by atoms with van der Waals surface area (Å²) in [6, 6.07) is 0. The molecule has 0 radical (unpaired) electrons. The lowest BCUT2D eigenvalue weighted by Crippen LogP contribution is -2.43. The fourth-order valence-electron chi connectivity index (χ4n) is 5.19. The number of aryl methyl sites for hydroxylation is 1. The van der Waals surface area contributed by atoms with Crippen molar-refractivity contribution in [3.8, 4) is 0 Å². The maximum atomic E-state index is 13.1. The smallest absolute Gasteiger partial charge is 0.225 e. The second-order valence-electron chi connectivity index (χ2n) is 9.03. The molecule has 1 saturated heterocycles. The van der Waals surface area contributed by atoms with Gasteiger partial charge in [0.25, 0.3) is 0 Å². The molecule has 1 N–H and O–H groups in total. The first-order valence-corrected chi connectivity index (χ1v) is 11.1. The lowest BCUT2D eigenvalue weighted by atomic mass is 9.80. The molecule has 2 fully saturated rings. The second kappa shape index (κ2) is 7.98. The molecule has 1 amide bonds. The average Bonchev–Trinajstić information content (AvgIpc) is 3.39. The van der Waals surface area contributed by atoms with Gasteiger partial charge >= 0.3 is 0 Å². The van der Waals surface area contributed by atoms with E-state index in [1.165, 1.54) is 19.3 Å². The third-order valence-electron chi connectivity index (χ3n) is 6.97. The predicted octanol–water partition coefficient (Wildman–Crippen LogP) is 2.40. The van der Waals surface area contributed by atoms with Crippen LogP contribution < -0.4 is 5.32 Å². The van der Waals surface area contributed by atoms with Crippen LogP contribution in [0.15, 0.2) is 18.7 Å². The fraction of sp³-hybridized carbons (Fsp3) is 0.636. The quantitative estimate of drug-likeness (QED) is 0.833. The topological polar surface area (TPSA) is 85.2 Å². The summed E-state index contributed by atoms with van der Waals surface area (Å²) in [4.78, 5) is 28.7. The molecule has 1 aliphatic carbocycles. The molecule has 8 heteroatoms. The molecular formula is C22H30N6O2. The van der Waals surface area contributed by atoms with Crippen LogP contribution in [0.2, 0.25) is 0 Å². The first-order valence-electron chi connectivity index (χ1n) is 11.1. The molecule has 2 aliphatic heterocycles. The van der Waals surface area contributed by atoms with Gasteiger partial charge in [-0.05, 0) is 19.3 Å². The third-order valence-corrected chi connectivity index (χ3v) is 6.97. The van der Waals surface area contributed by atoms with Crippen LogP contribution in [0.25, 0.3) is 0 Å². The number of carbonyl (C=O) groups excluding carboxylic acids is 1. The van der Waals surface area contributed by atoms with E-state index in [-0.39, 0.29) is 11.3 Å². The van der Waals surface area contributed by atoms with Crippen LogP contribution in [0.5, 0.6) is 0 Å². The molecule has 5 rings (SSSR count). The number of nitrogens with one attached hydrogen (secondary N) is 1. The highest BCUT2D eigenvalue weighted by atomic mass is 16.5. The highest BCUT2D eigenvalue weighted by Crippen LogP contribution is 2.40. The minimum absolute atomic E-state index is 0.208. The summed E-state index contributed by atoms with van der Waals surface area (Å²) < 4.78 is 7.91. The van der Waals surface area contributed by atoms with Crippen molar-refractivity contribution in [3.63, 3.8) is 0 Å². The molecule has 1 spiro atoms. The van der Waals surface area contributed by atoms with Crippen molar-refractivity contribution in [1.82, 2.24) is 24.4 Å². The van der Waals surface area contributed by atoms with Gasteiger partial charge in [0, 0.05) is 44.0 Å². The molecule has 0 bridgehead atoms. The summed E-state index contributed by atoms with van der Waals surface area (Å²) in [7, 11) is 1.97. The van der Waals surface area contributed by atoms with E-state index in [0.717, 1.165) is 42.8 Å². The minimum atomic E-state index is -0.218. The van der Waals surface area contributed by atoms with Gasteiger partial charge in [0.1, 0.15) is 0 Å². The maximum absolute atomic E-state index is 13.1. The van der Waals surface area contributed by atoms with Gasteiger partial charge in [0.2, 0.25) is 11.9 Å². The number of ether oxygens (including phenoxy) is 1. The van der Waals surface area contributed by atoms with Gasteiger partial charge in [-0.1, -0.05) is 19.3 Å². The van der Waals surface area contributed by atoms with E-state index in [1.54, 1.807) is 6.33 Å². The number of hydrogen-bond donors (Lipinski definition) is 1. The Morgan fingerprint density at radius 1 is 1.30 bits per heavy atom. The maximum Gasteiger partial charge on any atom is 0.225 e. The second-order valence-corrected chi connectivity index (χ2v) is 9.03. The van der Waals surface area contributed by atoms with E-state index in [4.69, 9.17) is 9.72 Å². The molecular weight excluding hydrogens is 380 g/mol. The lowest BCUT2D eigenvalue weighted by Gasteiger charge is -2.35. The Bertz CT molecular complexity index is 922. The Hall–Kier alpha value is -2.48. The number of carbonyl (C=O) groups is 1. The molecule has 0 aromatic carbocycles. The van der Waals surface area contributed by atoms with E-state index in [2.05, 4.69) is 20.2 Å². The number of fused-ring (bicyclic) bond motifs is 2. The zero-order valence-corrected chi connectivity index (χ0v) is 17.6. The Labute approximate surface area is 177 Å². The van der Waals surface area contributed by atoms with Crippen molar-refractivity contribution in [1.29, 1.82) is 0 Å². The number of hydrogen-bond acceptors (Lipinski definition) is 6. The van der Waals surface area contributed by atoms with Gasteiger partial charge in [-0.15, -0.1) is 0 Å². The standard InChI is InChI=1S/C22H30N6O2/c1-27-15-23-10-18(27)11-25-21-24-9-17-12-30-14-22(19(17)26-21)7-8-28(13-22)20(29)16-5-3-2-4-6-16/h9-10,15-16H,2-8,11-14H2,1H3,(H,24,25,26). The van der Waals surface area contributed by atoms with Gasteiger partial charge in [0.15, 0.2) is 0 Å². The van der Waals surface area contributed by atoms with Crippen molar-refractivity contribution in [2.45, 2.75) is 57.1 Å². The number of aromatic nitrogens is 4. The van der Waals surface area contributed by atoms with Crippen LogP contribution in [0, 0.1) is 5.92 Å². The van der Waals surface area contributed by atoms with Crippen LogP contribution in [0.1, 0.15) is 55.5 Å². The van der Waals surface area contributed by atoms with Crippen molar-refractivity contribution in [2.24, 2.45) is 13.0 Å². The van der Waals surface area contributed by atoms with Crippen LogP contribution in [0.4, 0.5) is 5.95 Å². The molecule has 160 valence electrons. The van der Waals surface area contributed by atoms with Crippen LogP contribution in [-0.2, 0) is 35.1 Å². The SMILES string of the molecule is Cn1cncc1CNc1ncc2c(n1)C1(CCN(C(=O)C3CCCCC3)C1)COC2. The van der Waals surface area contributed by atoms with Gasteiger partial charge in [-0.2, -0.15) is 0 Å². The van der Waals surface area contributed by atoms with Crippen LogP contribution >= 0.6 is 0 Å². The van der Waals surface area contributed by atoms with Gasteiger partial charge in [0.05, 0.1) is 42.9 Å². The predicted molar refractivity (Wildman–Crippen MR) is 112 cm³/mol. The summed E-state index contributed by atoms with van der Waals surface area (Å²) in [5.41, 5.74) is 2.94. The van der Waals surface area contributed by atoms with Crippen molar-refractivity contribution in [3.05, 3.63) is 35.7 Å². The van der Waals surface area contributed by atoms with Gasteiger partial charge < -0.3 is 19.5 Å². The van der Waals surface area contributed by atoms with E-state index < -0.39 is 0 Å². The zero-order chi connectivity index (χ0) is 20.6. The Balaban J connectivity index is 1.34. The molecule has 4 heterocycles. The number of likely N-dealkylation sites (tertiary alicyclic amines) is 1. The number of anilines is 1.